The fraction of sp³-hybridized carbons (Fsp3) is 0.188. The molecular formula is C16H15FN2. The van der Waals surface area contributed by atoms with Crippen LogP contribution in [0.25, 0.3) is 0 Å². The lowest BCUT2D eigenvalue weighted by atomic mass is 10.1. The van der Waals surface area contributed by atoms with E-state index in [1.54, 1.807) is 12.1 Å². The maximum atomic E-state index is 13.1. The number of benzene rings is 2. The fourth-order valence-corrected chi connectivity index (χ4v) is 2.00. The summed E-state index contributed by atoms with van der Waals surface area (Å²) in [5.74, 6) is -0.213. The largest absolute Gasteiger partial charge is 0.370 e. The molecule has 0 saturated heterocycles. The zero-order valence-electron chi connectivity index (χ0n) is 11.0. The number of nitriles is 1. The molecule has 0 atom stereocenters. The molecule has 0 saturated carbocycles. The van der Waals surface area contributed by atoms with E-state index in [1.807, 2.05) is 37.1 Å². The number of anilines is 1. The van der Waals surface area contributed by atoms with Crippen LogP contribution in [0.4, 0.5) is 10.1 Å². The first-order valence-electron chi connectivity index (χ1n) is 6.06. The van der Waals surface area contributed by atoms with Crippen LogP contribution in [0, 0.1) is 24.1 Å². The standard InChI is InChI=1S/C16H15FN2/c1-12-8-15(17)7-6-14(12)11-19(2)16-5-3-4-13(9-16)10-18/h3-9H,11H2,1-2H3. The van der Waals surface area contributed by atoms with Gasteiger partial charge in [-0.25, -0.2) is 4.39 Å². The topological polar surface area (TPSA) is 27.0 Å². The van der Waals surface area contributed by atoms with Crippen molar-refractivity contribution in [2.45, 2.75) is 13.5 Å². The molecule has 0 aromatic heterocycles. The van der Waals surface area contributed by atoms with E-state index >= 15 is 0 Å². The molecule has 2 nitrogen and oxygen atoms in total. The van der Waals surface area contributed by atoms with Gasteiger partial charge in [0.2, 0.25) is 0 Å². The lowest BCUT2D eigenvalue weighted by Gasteiger charge is -2.20. The van der Waals surface area contributed by atoms with E-state index in [0.29, 0.717) is 12.1 Å². The van der Waals surface area contributed by atoms with Gasteiger partial charge < -0.3 is 4.90 Å². The summed E-state index contributed by atoms with van der Waals surface area (Å²) in [7, 11) is 1.96. The van der Waals surface area contributed by atoms with Gasteiger partial charge in [-0.3, -0.25) is 0 Å². The average molecular weight is 254 g/mol. The van der Waals surface area contributed by atoms with Crippen LogP contribution >= 0.6 is 0 Å². The van der Waals surface area contributed by atoms with Gasteiger partial charge in [0.15, 0.2) is 0 Å². The van der Waals surface area contributed by atoms with E-state index in [0.717, 1.165) is 16.8 Å². The predicted molar refractivity (Wildman–Crippen MR) is 74.4 cm³/mol. The Balaban J connectivity index is 2.20. The van der Waals surface area contributed by atoms with Crippen molar-refractivity contribution < 1.29 is 4.39 Å². The summed E-state index contributed by atoms with van der Waals surface area (Å²) in [5.41, 5.74) is 3.62. The van der Waals surface area contributed by atoms with E-state index in [1.165, 1.54) is 12.1 Å². The van der Waals surface area contributed by atoms with Crippen molar-refractivity contribution in [1.29, 1.82) is 5.26 Å². The van der Waals surface area contributed by atoms with Crippen molar-refractivity contribution in [1.82, 2.24) is 0 Å². The van der Waals surface area contributed by atoms with E-state index in [2.05, 4.69) is 6.07 Å². The van der Waals surface area contributed by atoms with Gasteiger partial charge in [0.25, 0.3) is 0 Å². The highest BCUT2D eigenvalue weighted by Gasteiger charge is 2.06. The lowest BCUT2D eigenvalue weighted by Crippen LogP contribution is -2.17. The monoisotopic (exact) mass is 254 g/mol. The lowest BCUT2D eigenvalue weighted by molar-refractivity contribution is 0.625. The predicted octanol–water partition coefficient (Wildman–Crippen LogP) is 3.64. The number of hydrogen-bond donors (Lipinski definition) is 0. The summed E-state index contributed by atoms with van der Waals surface area (Å²) >= 11 is 0. The molecule has 0 unspecified atom stereocenters. The fourth-order valence-electron chi connectivity index (χ4n) is 2.00. The Morgan fingerprint density at radius 2 is 2.00 bits per heavy atom. The van der Waals surface area contributed by atoms with Gasteiger partial charge in [-0.2, -0.15) is 5.26 Å². The van der Waals surface area contributed by atoms with Crippen molar-refractivity contribution in [3.8, 4) is 6.07 Å². The van der Waals surface area contributed by atoms with Crippen LogP contribution < -0.4 is 4.90 Å². The smallest absolute Gasteiger partial charge is 0.123 e. The second kappa shape index (κ2) is 5.53. The molecular weight excluding hydrogens is 239 g/mol. The molecule has 0 aliphatic heterocycles. The summed E-state index contributed by atoms with van der Waals surface area (Å²) < 4.78 is 13.1. The third-order valence-electron chi connectivity index (χ3n) is 3.13. The van der Waals surface area contributed by atoms with Gasteiger partial charge in [0.1, 0.15) is 5.82 Å². The first-order chi connectivity index (χ1) is 9.10. The maximum Gasteiger partial charge on any atom is 0.123 e. The summed E-state index contributed by atoms with van der Waals surface area (Å²) in [6, 6.07) is 14.4. The third kappa shape index (κ3) is 3.11. The van der Waals surface area contributed by atoms with Crippen molar-refractivity contribution >= 4 is 5.69 Å². The average Bonchev–Trinajstić information content (AvgIpc) is 2.42. The van der Waals surface area contributed by atoms with Crippen molar-refractivity contribution in [3.05, 3.63) is 65.0 Å². The normalized spacial score (nSPS) is 10.0. The molecule has 96 valence electrons. The highest BCUT2D eigenvalue weighted by Crippen LogP contribution is 2.19. The Kier molecular flexibility index (Phi) is 3.82. The molecule has 0 aliphatic rings. The molecule has 0 radical (unpaired) electrons. The number of hydrogen-bond acceptors (Lipinski definition) is 2. The van der Waals surface area contributed by atoms with Gasteiger partial charge >= 0.3 is 0 Å². The molecule has 0 spiro atoms. The van der Waals surface area contributed by atoms with Crippen molar-refractivity contribution in [2.75, 3.05) is 11.9 Å². The minimum Gasteiger partial charge on any atom is -0.370 e. The molecule has 2 aromatic carbocycles. The maximum absolute atomic E-state index is 13.1. The minimum absolute atomic E-state index is 0.213. The van der Waals surface area contributed by atoms with Crippen LogP contribution in [0.3, 0.4) is 0 Å². The number of halogens is 1. The van der Waals surface area contributed by atoms with Gasteiger partial charge in [-0.05, 0) is 48.4 Å². The second-order valence-corrected chi connectivity index (χ2v) is 4.59. The SMILES string of the molecule is Cc1cc(F)ccc1CN(C)c1cccc(C#N)c1. The van der Waals surface area contributed by atoms with E-state index < -0.39 is 0 Å². The molecule has 0 bridgehead atoms. The number of aryl methyl sites for hydroxylation is 1. The Hall–Kier alpha value is -2.34. The number of nitrogens with zero attached hydrogens (tertiary/aromatic N) is 2. The summed E-state index contributed by atoms with van der Waals surface area (Å²) in [6.07, 6.45) is 0. The summed E-state index contributed by atoms with van der Waals surface area (Å²) in [5, 5.41) is 8.90. The summed E-state index contributed by atoms with van der Waals surface area (Å²) in [4.78, 5) is 2.04. The first kappa shape index (κ1) is 13.1. The van der Waals surface area contributed by atoms with Gasteiger partial charge in [-0.15, -0.1) is 0 Å². The van der Waals surface area contributed by atoms with Crippen LogP contribution in [0.2, 0.25) is 0 Å². The van der Waals surface area contributed by atoms with Gasteiger partial charge in [0.05, 0.1) is 11.6 Å². The summed E-state index contributed by atoms with van der Waals surface area (Å²) in [6.45, 7) is 2.58. The minimum atomic E-state index is -0.213. The molecule has 3 heteroatoms. The molecule has 0 heterocycles. The highest BCUT2D eigenvalue weighted by molar-refractivity contribution is 5.51. The number of rotatable bonds is 3. The Labute approximate surface area is 112 Å². The second-order valence-electron chi connectivity index (χ2n) is 4.59. The highest BCUT2D eigenvalue weighted by atomic mass is 19.1. The van der Waals surface area contributed by atoms with Crippen LogP contribution in [0.15, 0.2) is 42.5 Å². The zero-order chi connectivity index (χ0) is 13.8. The van der Waals surface area contributed by atoms with Crippen LogP contribution in [0.5, 0.6) is 0 Å². The molecule has 19 heavy (non-hydrogen) atoms. The van der Waals surface area contributed by atoms with Crippen molar-refractivity contribution in [2.24, 2.45) is 0 Å². The van der Waals surface area contributed by atoms with E-state index in [-0.39, 0.29) is 5.82 Å². The van der Waals surface area contributed by atoms with Crippen LogP contribution in [-0.4, -0.2) is 7.05 Å². The molecule has 0 amide bonds. The third-order valence-corrected chi connectivity index (χ3v) is 3.13. The van der Waals surface area contributed by atoms with Crippen LogP contribution in [0.1, 0.15) is 16.7 Å². The van der Waals surface area contributed by atoms with Gasteiger partial charge in [-0.1, -0.05) is 12.1 Å². The van der Waals surface area contributed by atoms with Gasteiger partial charge in [0, 0.05) is 19.3 Å². The Bertz CT molecular complexity index is 629. The Morgan fingerprint density at radius 3 is 2.68 bits per heavy atom. The Morgan fingerprint density at radius 1 is 1.21 bits per heavy atom. The van der Waals surface area contributed by atoms with E-state index in [4.69, 9.17) is 5.26 Å². The molecule has 2 aromatic rings. The molecule has 2 rings (SSSR count). The van der Waals surface area contributed by atoms with E-state index in [9.17, 15) is 4.39 Å². The quantitative estimate of drug-likeness (QED) is 0.836. The van der Waals surface area contributed by atoms with Crippen molar-refractivity contribution in [3.63, 3.8) is 0 Å². The van der Waals surface area contributed by atoms with Crippen LogP contribution in [-0.2, 0) is 6.54 Å². The molecule has 0 aliphatic carbocycles. The zero-order valence-corrected chi connectivity index (χ0v) is 11.0. The first-order valence-corrected chi connectivity index (χ1v) is 6.06. The molecule has 0 N–H and O–H groups in total. The molecule has 0 fully saturated rings.